The van der Waals surface area contributed by atoms with Crippen molar-refractivity contribution in [1.29, 1.82) is 0 Å². The van der Waals surface area contributed by atoms with Gasteiger partial charge in [0.2, 0.25) is 0 Å². The van der Waals surface area contributed by atoms with Crippen molar-refractivity contribution in [2.45, 2.75) is 32.9 Å². The van der Waals surface area contributed by atoms with E-state index >= 15 is 0 Å². The second-order valence-electron chi connectivity index (χ2n) is 8.39. The van der Waals surface area contributed by atoms with Crippen LogP contribution in [-0.4, -0.2) is 28.5 Å². The third-order valence-electron chi connectivity index (χ3n) is 5.85. The molecule has 174 valence electrons. The molecule has 0 radical (unpaired) electrons. The van der Waals surface area contributed by atoms with Crippen molar-refractivity contribution >= 4 is 11.6 Å². The van der Waals surface area contributed by atoms with E-state index in [9.17, 15) is 4.79 Å². The number of aromatic nitrogens is 2. The Morgan fingerprint density at radius 3 is 2.79 bits per heavy atom. The molecular formula is C27H27N3O4. The molecule has 1 aliphatic rings. The number of benzene rings is 2. The van der Waals surface area contributed by atoms with Gasteiger partial charge in [0.15, 0.2) is 11.5 Å². The second-order valence-corrected chi connectivity index (χ2v) is 8.39. The fraction of sp³-hybridized carbons (Fsp3) is 0.259. The first-order chi connectivity index (χ1) is 16.6. The molecule has 1 amide bonds. The lowest BCUT2D eigenvalue weighted by molar-refractivity contribution is 0.0935. The molecule has 0 bridgehead atoms. The summed E-state index contributed by atoms with van der Waals surface area (Å²) in [6.07, 6.45) is 4.75. The number of aryl methyl sites for hydroxylation is 1. The van der Waals surface area contributed by atoms with Crippen LogP contribution < -0.4 is 19.5 Å². The molecule has 34 heavy (non-hydrogen) atoms. The van der Waals surface area contributed by atoms with Gasteiger partial charge in [0.05, 0.1) is 30.5 Å². The minimum Gasteiger partial charge on any atom is -0.490 e. The van der Waals surface area contributed by atoms with Crippen molar-refractivity contribution in [2.75, 3.05) is 13.2 Å². The maximum Gasteiger partial charge on any atom is 0.255 e. The fourth-order valence-corrected chi connectivity index (χ4v) is 4.01. The molecule has 3 heterocycles. The molecule has 7 nitrogen and oxygen atoms in total. The standard InChI is InChI=1S/C27H27N3O4/c1-18-7-5-12-30-16-21(29-26(18)30)17-34-23-9-4-3-8-22(23)27(31)28-19(2)20-10-11-24-25(15-20)33-14-6-13-32-24/h3-5,7-12,15-16,19H,6,13-14,17H2,1-2H3,(H,28,31). The average molecular weight is 458 g/mol. The maximum absolute atomic E-state index is 13.1. The SMILES string of the molecule is Cc1cccn2cc(COc3ccccc3C(=O)NC(C)c3ccc4c(c3)OCCCO4)nc12. The molecule has 0 saturated heterocycles. The zero-order chi connectivity index (χ0) is 23.5. The summed E-state index contributed by atoms with van der Waals surface area (Å²) in [6.45, 7) is 5.50. The van der Waals surface area contributed by atoms with Gasteiger partial charge < -0.3 is 23.9 Å². The summed E-state index contributed by atoms with van der Waals surface area (Å²) in [5.74, 6) is 1.75. The number of carbonyl (C=O) groups excluding carboxylic acids is 1. The zero-order valence-corrected chi connectivity index (χ0v) is 19.3. The van der Waals surface area contributed by atoms with Crippen molar-refractivity contribution in [3.8, 4) is 17.2 Å². The van der Waals surface area contributed by atoms with Crippen LogP contribution in [0.5, 0.6) is 17.2 Å². The Balaban J connectivity index is 1.29. The van der Waals surface area contributed by atoms with E-state index in [0.29, 0.717) is 30.3 Å². The first-order valence-corrected chi connectivity index (χ1v) is 11.4. The van der Waals surface area contributed by atoms with E-state index in [1.165, 1.54) is 0 Å². The molecule has 7 heteroatoms. The van der Waals surface area contributed by atoms with Crippen molar-refractivity contribution in [3.05, 3.63) is 89.4 Å². The van der Waals surface area contributed by atoms with Crippen LogP contribution in [-0.2, 0) is 6.61 Å². The Bertz CT molecular complexity index is 1330. The van der Waals surface area contributed by atoms with Gasteiger partial charge in [-0.3, -0.25) is 4.79 Å². The third-order valence-corrected chi connectivity index (χ3v) is 5.85. The summed E-state index contributed by atoms with van der Waals surface area (Å²) in [5, 5.41) is 3.07. The molecule has 0 saturated carbocycles. The highest BCUT2D eigenvalue weighted by Gasteiger charge is 2.18. The van der Waals surface area contributed by atoms with Crippen LogP contribution in [0.1, 0.15) is 46.6 Å². The minimum atomic E-state index is -0.223. The number of nitrogens with zero attached hydrogens (tertiary/aromatic N) is 2. The number of carbonyl (C=O) groups is 1. The molecule has 2 aromatic heterocycles. The topological polar surface area (TPSA) is 74.1 Å². The molecule has 4 aromatic rings. The van der Waals surface area contributed by atoms with E-state index < -0.39 is 0 Å². The number of imidazole rings is 1. The largest absolute Gasteiger partial charge is 0.490 e. The predicted molar refractivity (Wildman–Crippen MR) is 129 cm³/mol. The summed E-state index contributed by atoms with van der Waals surface area (Å²) >= 11 is 0. The number of rotatable bonds is 6. The van der Waals surface area contributed by atoms with Gasteiger partial charge in [0.1, 0.15) is 18.0 Å². The lowest BCUT2D eigenvalue weighted by Crippen LogP contribution is -2.27. The molecule has 2 aromatic carbocycles. The molecule has 1 aliphatic heterocycles. The Morgan fingerprint density at radius 1 is 1.12 bits per heavy atom. The highest BCUT2D eigenvalue weighted by Crippen LogP contribution is 2.32. The smallest absolute Gasteiger partial charge is 0.255 e. The Kier molecular flexibility index (Phi) is 6.08. The maximum atomic E-state index is 13.1. The lowest BCUT2D eigenvalue weighted by atomic mass is 10.1. The third kappa shape index (κ3) is 4.55. The van der Waals surface area contributed by atoms with Crippen molar-refractivity contribution in [1.82, 2.24) is 14.7 Å². The van der Waals surface area contributed by atoms with E-state index in [1.807, 2.05) is 73.1 Å². The molecule has 1 N–H and O–H groups in total. The average Bonchev–Trinajstić information content (AvgIpc) is 3.13. The Labute approximate surface area is 198 Å². The van der Waals surface area contributed by atoms with Gasteiger partial charge in [-0.05, 0) is 55.3 Å². The number of nitrogens with one attached hydrogen (secondary N) is 1. The summed E-state index contributed by atoms with van der Waals surface area (Å²) in [7, 11) is 0. The number of amides is 1. The first kappa shape index (κ1) is 21.8. The molecule has 0 fully saturated rings. The lowest BCUT2D eigenvalue weighted by Gasteiger charge is -2.17. The molecule has 1 atom stereocenters. The van der Waals surface area contributed by atoms with Gasteiger partial charge in [0.25, 0.3) is 5.91 Å². The fourth-order valence-electron chi connectivity index (χ4n) is 4.01. The highest BCUT2D eigenvalue weighted by atomic mass is 16.5. The van der Waals surface area contributed by atoms with E-state index in [0.717, 1.165) is 34.6 Å². The van der Waals surface area contributed by atoms with Crippen molar-refractivity contribution in [3.63, 3.8) is 0 Å². The van der Waals surface area contributed by atoms with Crippen LogP contribution in [0.15, 0.2) is 67.0 Å². The van der Waals surface area contributed by atoms with Gasteiger partial charge in [0, 0.05) is 18.8 Å². The number of hydrogen-bond donors (Lipinski definition) is 1. The van der Waals surface area contributed by atoms with Gasteiger partial charge in [-0.1, -0.05) is 24.3 Å². The van der Waals surface area contributed by atoms with Crippen molar-refractivity contribution < 1.29 is 19.0 Å². The summed E-state index contributed by atoms with van der Waals surface area (Å²) in [5.41, 5.74) is 4.21. The number of hydrogen-bond acceptors (Lipinski definition) is 5. The first-order valence-electron chi connectivity index (χ1n) is 11.4. The van der Waals surface area contributed by atoms with Gasteiger partial charge >= 0.3 is 0 Å². The van der Waals surface area contributed by atoms with Crippen LogP contribution >= 0.6 is 0 Å². The Morgan fingerprint density at radius 2 is 1.94 bits per heavy atom. The summed E-state index contributed by atoms with van der Waals surface area (Å²) in [4.78, 5) is 17.8. The summed E-state index contributed by atoms with van der Waals surface area (Å²) in [6, 6.07) is 16.8. The van der Waals surface area contributed by atoms with Crippen LogP contribution in [0, 0.1) is 6.92 Å². The second kappa shape index (κ2) is 9.47. The zero-order valence-electron chi connectivity index (χ0n) is 19.3. The number of para-hydroxylation sites is 1. The van der Waals surface area contributed by atoms with Crippen LogP contribution in [0.2, 0.25) is 0 Å². The molecule has 0 aliphatic carbocycles. The van der Waals surface area contributed by atoms with Gasteiger partial charge in [-0.2, -0.15) is 0 Å². The monoisotopic (exact) mass is 457 g/mol. The van der Waals surface area contributed by atoms with E-state index in [2.05, 4.69) is 10.3 Å². The van der Waals surface area contributed by atoms with Crippen LogP contribution in [0.3, 0.4) is 0 Å². The van der Waals surface area contributed by atoms with Gasteiger partial charge in [-0.15, -0.1) is 0 Å². The van der Waals surface area contributed by atoms with Crippen LogP contribution in [0.4, 0.5) is 0 Å². The van der Waals surface area contributed by atoms with E-state index in [1.54, 1.807) is 12.1 Å². The predicted octanol–water partition coefficient (Wildman–Crippen LogP) is 4.87. The molecule has 1 unspecified atom stereocenters. The van der Waals surface area contributed by atoms with Crippen molar-refractivity contribution in [2.24, 2.45) is 0 Å². The molecule has 0 spiro atoms. The molecular weight excluding hydrogens is 430 g/mol. The molecule has 5 rings (SSSR count). The quantitative estimate of drug-likeness (QED) is 0.447. The normalized spacial score (nSPS) is 13.8. The number of fused-ring (bicyclic) bond motifs is 2. The van der Waals surface area contributed by atoms with Crippen LogP contribution in [0.25, 0.3) is 5.65 Å². The van der Waals surface area contributed by atoms with E-state index in [-0.39, 0.29) is 18.6 Å². The van der Waals surface area contributed by atoms with E-state index in [4.69, 9.17) is 14.2 Å². The number of pyridine rings is 1. The minimum absolute atomic E-state index is 0.207. The number of ether oxygens (including phenoxy) is 3. The van der Waals surface area contributed by atoms with Gasteiger partial charge in [-0.25, -0.2) is 4.98 Å². The summed E-state index contributed by atoms with van der Waals surface area (Å²) < 4.78 is 19.5. The highest BCUT2D eigenvalue weighted by molar-refractivity contribution is 5.97. The Hall–Kier alpha value is -4.00.